The Morgan fingerprint density at radius 3 is 2.62 bits per heavy atom. The van der Waals surface area contributed by atoms with Crippen LogP contribution in [0.25, 0.3) is 11.7 Å². The lowest BCUT2D eigenvalue weighted by Crippen LogP contribution is -2.21. The Kier molecular flexibility index (Phi) is 4.23. The van der Waals surface area contributed by atoms with Crippen molar-refractivity contribution in [1.82, 2.24) is 9.78 Å². The first-order valence-corrected chi connectivity index (χ1v) is 6.73. The van der Waals surface area contributed by atoms with Gasteiger partial charge in [-0.1, -0.05) is 0 Å². The Morgan fingerprint density at radius 2 is 2.00 bits per heavy atom. The van der Waals surface area contributed by atoms with Gasteiger partial charge in [0.2, 0.25) is 0 Å². The minimum Gasteiger partial charge on any atom is -0.459 e. The van der Waals surface area contributed by atoms with Crippen LogP contribution in [0.15, 0.2) is 56.3 Å². The zero-order chi connectivity index (χ0) is 17.1. The van der Waals surface area contributed by atoms with Gasteiger partial charge in [0.1, 0.15) is 12.3 Å². The van der Waals surface area contributed by atoms with Crippen LogP contribution in [0, 0.1) is 0 Å². The molecule has 24 heavy (non-hydrogen) atoms. The van der Waals surface area contributed by atoms with E-state index in [-0.39, 0.29) is 29.5 Å². The molecule has 0 aliphatic heterocycles. The van der Waals surface area contributed by atoms with Crippen LogP contribution < -0.4 is 10.5 Å². The van der Waals surface area contributed by atoms with Crippen molar-refractivity contribution >= 4 is 5.78 Å². The number of carbonyl (C=O) groups excluding carboxylic acids is 1. The lowest BCUT2D eigenvalue weighted by Gasteiger charge is -2.05. The van der Waals surface area contributed by atoms with Crippen molar-refractivity contribution in [1.29, 1.82) is 0 Å². The second kappa shape index (κ2) is 6.49. The molecule has 0 unspecified atom stereocenters. The molecule has 0 saturated heterocycles. The van der Waals surface area contributed by atoms with Gasteiger partial charge in [-0.15, -0.1) is 5.10 Å². The number of hydrogen-bond donors (Lipinski definition) is 0. The third-order valence-corrected chi connectivity index (χ3v) is 3.03. The van der Waals surface area contributed by atoms with E-state index >= 15 is 0 Å². The quantitative estimate of drug-likeness (QED) is 0.643. The summed E-state index contributed by atoms with van der Waals surface area (Å²) in [6.45, 7) is -3.31. The van der Waals surface area contributed by atoms with E-state index in [4.69, 9.17) is 8.83 Å². The summed E-state index contributed by atoms with van der Waals surface area (Å²) in [6, 6.07) is 8.26. The van der Waals surface area contributed by atoms with Gasteiger partial charge < -0.3 is 13.6 Å². The zero-order valence-electron chi connectivity index (χ0n) is 12.0. The van der Waals surface area contributed by atoms with Crippen LogP contribution in [0.1, 0.15) is 10.4 Å². The third-order valence-electron chi connectivity index (χ3n) is 3.03. The molecule has 2 heterocycles. The van der Waals surface area contributed by atoms with Gasteiger partial charge in [-0.25, -0.2) is 4.79 Å². The van der Waals surface area contributed by atoms with Crippen LogP contribution in [-0.2, 0) is 6.54 Å². The average molecular weight is 336 g/mol. The van der Waals surface area contributed by atoms with Crippen molar-refractivity contribution in [3.8, 4) is 17.4 Å². The van der Waals surface area contributed by atoms with E-state index in [2.05, 4.69) is 9.84 Å². The molecule has 7 nitrogen and oxygen atoms in total. The van der Waals surface area contributed by atoms with Gasteiger partial charge in [-0.05, 0) is 36.4 Å². The van der Waals surface area contributed by atoms with Crippen molar-refractivity contribution in [3.63, 3.8) is 0 Å². The van der Waals surface area contributed by atoms with E-state index < -0.39 is 18.2 Å². The van der Waals surface area contributed by atoms with Crippen molar-refractivity contribution in [3.05, 3.63) is 58.8 Å². The number of nitrogens with zero attached hydrogens (tertiary/aromatic N) is 2. The topological polar surface area (TPSA) is 87.5 Å². The summed E-state index contributed by atoms with van der Waals surface area (Å²) in [5, 5.41) is 3.87. The summed E-state index contributed by atoms with van der Waals surface area (Å²) < 4.78 is 39.2. The summed E-state index contributed by atoms with van der Waals surface area (Å²) >= 11 is 0. The molecule has 1 aromatic carbocycles. The van der Waals surface area contributed by atoms with Gasteiger partial charge in [0.05, 0.1) is 6.26 Å². The Balaban J connectivity index is 1.74. The first kappa shape index (κ1) is 15.7. The molecule has 0 amide bonds. The number of rotatable bonds is 6. The number of Topliss-reactive ketones (excluding diaryl/α,β-unsaturated/α-hetero) is 1. The second-order valence-electron chi connectivity index (χ2n) is 4.63. The molecule has 0 atom stereocenters. The van der Waals surface area contributed by atoms with Crippen LogP contribution in [-0.4, -0.2) is 22.2 Å². The summed E-state index contributed by atoms with van der Waals surface area (Å²) in [7, 11) is 0. The van der Waals surface area contributed by atoms with Crippen LogP contribution in [0.5, 0.6) is 5.75 Å². The van der Waals surface area contributed by atoms with Gasteiger partial charge in [-0.2, -0.15) is 13.5 Å². The van der Waals surface area contributed by atoms with E-state index in [1.165, 1.54) is 30.5 Å². The van der Waals surface area contributed by atoms with Crippen molar-refractivity contribution in [2.24, 2.45) is 0 Å². The number of ether oxygens (including phenoxy) is 1. The van der Waals surface area contributed by atoms with Gasteiger partial charge in [0.15, 0.2) is 11.5 Å². The molecular formula is C15H10F2N2O5. The molecule has 0 fully saturated rings. The SMILES string of the molecule is O=C(Cn1nc(-c2ccco2)oc1=O)c1ccc(OC(F)F)cc1. The maximum Gasteiger partial charge on any atom is 0.437 e. The van der Waals surface area contributed by atoms with Gasteiger partial charge in [-0.3, -0.25) is 4.79 Å². The third kappa shape index (κ3) is 3.40. The number of hydrogen-bond acceptors (Lipinski definition) is 6. The van der Waals surface area contributed by atoms with Crippen LogP contribution >= 0.6 is 0 Å². The van der Waals surface area contributed by atoms with E-state index in [0.717, 1.165) is 4.68 Å². The molecule has 3 aromatic rings. The number of benzene rings is 1. The molecule has 0 saturated carbocycles. The number of carbonyl (C=O) groups is 1. The second-order valence-corrected chi connectivity index (χ2v) is 4.63. The highest BCUT2D eigenvalue weighted by molar-refractivity contribution is 5.95. The monoisotopic (exact) mass is 336 g/mol. The molecular weight excluding hydrogens is 326 g/mol. The Morgan fingerprint density at radius 1 is 1.25 bits per heavy atom. The Hall–Kier alpha value is -3.23. The van der Waals surface area contributed by atoms with Crippen molar-refractivity contribution < 1.29 is 27.1 Å². The van der Waals surface area contributed by atoms with E-state index in [0.29, 0.717) is 0 Å². The maximum absolute atomic E-state index is 12.1. The summed E-state index contributed by atoms with van der Waals surface area (Å²) in [4.78, 5) is 23.9. The molecule has 9 heteroatoms. The summed E-state index contributed by atoms with van der Waals surface area (Å²) in [5.74, 6) is -1.11. The lowest BCUT2D eigenvalue weighted by atomic mass is 10.1. The fourth-order valence-electron chi connectivity index (χ4n) is 1.96. The highest BCUT2D eigenvalue weighted by Crippen LogP contribution is 2.17. The van der Waals surface area contributed by atoms with Crippen molar-refractivity contribution in [2.75, 3.05) is 0 Å². The van der Waals surface area contributed by atoms with E-state index in [9.17, 15) is 18.4 Å². The number of aromatic nitrogens is 2. The fraction of sp³-hybridized carbons (Fsp3) is 0.133. The number of alkyl halides is 2. The molecule has 3 rings (SSSR count). The smallest absolute Gasteiger partial charge is 0.437 e. The predicted molar refractivity (Wildman–Crippen MR) is 75.9 cm³/mol. The average Bonchev–Trinajstić information content (AvgIpc) is 3.18. The Bertz CT molecular complexity index is 881. The lowest BCUT2D eigenvalue weighted by molar-refractivity contribution is -0.0498. The molecule has 0 aliphatic rings. The molecule has 0 bridgehead atoms. The first-order chi connectivity index (χ1) is 11.5. The van der Waals surface area contributed by atoms with Gasteiger partial charge >= 0.3 is 12.4 Å². The fourth-order valence-corrected chi connectivity index (χ4v) is 1.96. The first-order valence-electron chi connectivity index (χ1n) is 6.73. The largest absolute Gasteiger partial charge is 0.459 e. The van der Waals surface area contributed by atoms with Crippen LogP contribution in [0.4, 0.5) is 8.78 Å². The van der Waals surface area contributed by atoms with Gasteiger partial charge in [0.25, 0.3) is 5.89 Å². The van der Waals surface area contributed by atoms with Crippen LogP contribution in [0.3, 0.4) is 0 Å². The zero-order valence-corrected chi connectivity index (χ0v) is 12.0. The summed E-state index contributed by atoms with van der Waals surface area (Å²) in [5.41, 5.74) is 0.214. The predicted octanol–water partition coefficient (Wildman–Crippen LogP) is 2.58. The van der Waals surface area contributed by atoms with E-state index in [1.54, 1.807) is 12.1 Å². The van der Waals surface area contributed by atoms with Crippen LogP contribution in [0.2, 0.25) is 0 Å². The molecule has 2 aromatic heterocycles. The van der Waals surface area contributed by atoms with Gasteiger partial charge in [0, 0.05) is 5.56 Å². The number of ketones is 1. The summed E-state index contributed by atoms with van der Waals surface area (Å²) in [6.07, 6.45) is 1.39. The minimum absolute atomic E-state index is 0.0431. The van der Waals surface area contributed by atoms with Crippen molar-refractivity contribution in [2.45, 2.75) is 13.2 Å². The minimum atomic E-state index is -2.94. The molecule has 0 N–H and O–H groups in total. The number of halogens is 2. The normalized spacial score (nSPS) is 11.0. The maximum atomic E-state index is 12.1. The standard InChI is InChI=1S/C15H10F2N2O5/c16-14(17)23-10-5-3-9(4-6-10)11(20)8-19-15(21)24-13(18-19)12-2-1-7-22-12/h1-7,14H,8H2. The highest BCUT2D eigenvalue weighted by Gasteiger charge is 2.16. The van der Waals surface area contributed by atoms with E-state index in [1.807, 2.05) is 0 Å². The molecule has 0 aliphatic carbocycles. The molecule has 124 valence electrons. The molecule has 0 spiro atoms. The molecule has 0 radical (unpaired) electrons. The highest BCUT2D eigenvalue weighted by atomic mass is 19.3. The number of furan rings is 1. The Labute approximate surface area is 133 Å².